The summed E-state index contributed by atoms with van der Waals surface area (Å²) in [4.78, 5) is 22.4. The third-order valence-corrected chi connectivity index (χ3v) is 2.33. The van der Waals surface area contributed by atoms with Gasteiger partial charge in [-0.3, -0.25) is 14.7 Å². The summed E-state index contributed by atoms with van der Waals surface area (Å²) < 4.78 is 0. The normalized spacial score (nSPS) is 20.0. The molecule has 6 nitrogen and oxygen atoms in total. The summed E-state index contributed by atoms with van der Waals surface area (Å²) in [5.74, 6) is -0.194. The molecule has 1 aliphatic rings. The molecule has 1 saturated heterocycles. The highest BCUT2D eigenvalue weighted by Gasteiger charge is 2.26. The summed E-state index contributed by atoms with van der Waals surface area (Å²) >= 11 is 0. The highest BCUT2D eigenvalue weighted by Crippen LogP contribution is 2.06. The summed E-state index contributed by atoms with van der Waals surface area (Å²) in [6.07, 6.45) is 4.38. The quantitative estimate of drug-likeness (QED) is 0.614. The third kappa shape index (κ3) is 2.34. The molecular formula is C9H12N4O2. The predicted molar refractivity (Wildman–Crippen MR) is 51.6 cm³/mol. The molecule has 6 heteroatoms. The number of hydrogen-bond acceptors (Lipinski definition) is 3. The van der Waals surface area contributed by atoms with Gasteiger partial charge in [0, 0.05) is 24.7 Å². The number of carbonyl (C=O) groups excluding carboxylic acids is 2. The standard InChI is InChI=1S/C9H12N4O2/c14-8-2-1-7(13-8)9(15)10-3-6-4-11-12-5-6/h4-5,7H,1-3H2,(H,10,15)(H,11,12)(H,13,14). The fraction of sp³-hybridized carbons (Fsp3) is 0.444. The second-order valence-corrected chi connectivity index (χ2v) is 3.48. The van der Waals surface area contributed by atoms with E-state index >= 15 is 0 Å². The molecule has 3 N–H and O–H groups in total. The molecule has 0 bridgehead atoms. The molecule has 2 heterocycles. The number of aromatic amines is 1. The molecule has 1 fully saturated rings. The lowest BCUT2D eigenvalue weighted by molar-refractivity contribution is -0.125. The summed E-state index contributed by atoms with van der Waals surface area (Å²) in [6, 6.07) is -0.371. The maximum Gasteiger partial charge on any atom is 0.242 e. The highest BCUT2D eigenvalue weighted by molar-refractivity contribution is 5.90. The van der Waals surface area contributed by atoms with Crippen LogP contribution in [0.3, 0.4) is 0 Å². The first-order valence-electron chi connectivity index (χ1n) is 4.80. The molecule has 80 valence electrons. The molecule has 0 aliphatic carbocycles. The molecule has 1 atom stereocenters. The summed E-state index contributed by atoms with van der Waals surface area (Å²) in [5, 5.41) is 11.8. The van der Waals surface area contributed by atoms with Crippen LogP contribution in [0.2, 0.25) is 0 Å². The summed E-state index contributed by atoms with van der Waals surface area (Å²) in [7, 11) is 0. The Morgan fingerprint density at radius 3 is 3.13 bits per heavy atom. The van der Waals surface area contributed by atoms with Crippen molar-refractivity contribution in [3.63, 3.8) is 0 Å². The fourth-order valence-electron chi connectivity index (χ4n) is 1.50. The lowest BCUT2D eigenvalue weighted by Crippen LogP contribution is -2.41. The molecule has 15 heavy (non-hydrogen) atoms. The van der Waals surface area contributed by atoms with Gasteiger partial charge in [-0.25, -0.2) is 0 Å². The second-order valence-electron chi connectivity index (χ2n) is 3.48. The molecule has 0 saturated carbocycles. The van der Waals surface area contributed by atoms with Crippen LogP contribution in [0.5, 0.6) is 0 Å². The van der Waals surface area contributed by atoms with E-state index < -0.39 is 0 Å². The zero-order valence-electron chi connectivity index (χ0n) is 8.12. The number of aromatic nitrogens is 2. The monoisotopic (exact) mass is 208 g/mol. The van der Waals surface area contributed by atoms with Crippen LogP contribution in [0.25, 0.3) is 0 Å². The molecule has 1 unspecified atom stereocenters. The Morgan fingerprint density at radius 2 is 2.53 bits per heavy atom. The maximum absolute atomic E-state index is 11.5. The average molecular weight is 208 g/mol. The molecule has 1 aliphatic heterocycles. The second kappa shape index (κ2) is 4.12. The van der Waals surface area contributed by atoms with E-state index in [0.717, 1.165) is 5.56 Å². The van der Waals surface area contributed by atoms with E-state index in [0.29, 0.717) is 19.4 Å². The van der Waals surface area contributed by atoms with Crippen molar-refractivity contribution < 1.29 is 9.59 Å². The molecule has 0 radical (unpaired) electrons. The van der Waals surface area contributed by atoms with E-state index in [1.807, 2.05) is 0 Å². The third-order valence-electron chi connectivity index (χ3n) is 2.33. The number of nitrogens with one attached hydrogen (secondary N) is 3. The minimum Gasteiger partial charge on any atom is -0.350 e. The molecule has 0 spiro atoms. The van der Waals surface area contributed by atoms with Gasteiger partial charge in [0.25, 0.3) is 0 Å². The van der Waals surface area contributed by atoms with E-state index in [4.69, 9.17) is 0 Å². The van der Waals surface area contributed by atoms with Crippen molar-refractivity contribution in [3.05, 3.63) is 18.0 Å². The maximum atomic E-state index is 11.5. The summed E-state index contributed by atoms with van der Waals surface area (Å²) in [6.45, 7) is 0.432. The van der Waals surface area contributed by atoms with Crippen LogP contribution in [-0.2, 0) is 16.1 Å². The van der Waals surface area contributed by atoms with Crippen LogP contribution in [0, 0.1) is 0 Å². The Hall–Kier alpha value is -1.85. The van der Waals surface area contributed by atoms with Crippen molar-refractivity contribution in [2.24, 2.45) is 0 Å². The SMILES string of the molecule is O=C1CCC(C(=O)NCc2cn[nH]c2)N1. The van der Waals surface area contributed by atoms with Crippen LogP contribution in [0.15, 0.2) is 12.4 Å². The number of carbonyl (C=O) groups is 2. The van der Waals surface area contributed by atoms with E-state index in [2.05, 4.69) is 20.8 Å². The van der Waals surface area contributed by atoms with Gasteiger partial charge in [0.1, 0.15) is 6.04 Å². The predicted octanol–water partition coefficient (Wildman–Crippen LogP) is -0.696. The number of rotatable bonds is 3. The first-order chi connectivity index (χ1) is 7.25. The molecule has 2 amide bonds. The van der Waals surface area contributed by atoms with Gasteiger partial charge >= 0.3 is 0 Å². The van der Waals surface area contributed by atoms with Crippen molar-refractivity contribution in [3.8, 4) is 0 Å². The van der Waals surface area contributed by atoms with Gasteiger partial charge in [0.2, 0.25) is 11.8 Å². The van der Waals surface area contributed by atoms with Gasteiger partial charge in [0.15, 0.2) is 0 Å². The Balaban J connectivity index is 1.80. The molecule has 1 aromatic rings. The van der Waals surface area contributed by atoms with Crippen LogP contribution in [0.1, 0.15) is 18.4 Å². The highest BCUT2D eigenvalue weighted by atomic mass is 16.2. The van der Waals surface area contributed by atoms with Gasteiger partial charge in [0.05, 0.1) is 6.20 Å². The largest absolute Gasteiger partial charge is 0.350 e. The first-order valence-corrected chi connectivity index (χ1v) is 4.80. The van der Waals surface area contributed by atoms with Crippen molar-refractivity contribution >= 4 is 11.8 Å². The van der Waals surface area contributed by atoms with Crippen LogP contribution >= 0.6 is 0 Å². The van der Waals surface area contributed by atoms with Crippen LogP contribution in [0.4, 0.5) is 0 Å². The number of nitrogens with zero attached hydrogens (tertiary/aromatic N) is 1. The lowest BCUT2D eigenvalue weighted by Gasteiger charge is -2.09. The minimum atomic E-state index is -0.371. The average Bonchev–Trinajstić information content (AvgIpc) is 2.84. The van der Waals surface area contributed by atoms with Crippen molar-refractivity contribution in [1.29, 1.82) is 0 Å². The van der Waals surface area contributed by atoms with Gasteiger partial charge < -0.3 is 10.6 Å². The Labute approximate surface area is 86.4 Å². The Morgan fingerprint density at radius 1 is 1.67 bits per heavy atom. The van der Waals surface area contributed by atoms with Gasteiger partial charge in [-0.05, 0) is 6.42 Å². The number of amides is 2. The van der Waals surface area contributed by atoms with E-state index in [1.54, 1.807) is 12.4 Å². The molecule has 1 aromatic heterocycles. The first kappa shape index (κ1) is 9.70. The van der Waals surface area contributed by atoms with E-state index in [-0.39, 0.29) is 17.9 Å². The van der Waals surface area contributed by atoms with Crippen molar-refractivity contribution in [1.82, 2.24) is 20.8 Å². The van der Waals surface area contributed by atoms with Crippen molar-refractivity contribution in [2.45, 2.75) is 25.4 Å². The van der Waals surface area contributed by atoms with Gasteiger partial charge in [-0.15, -0.1) is 0 Å². The van der Waals surface area contributed by atoms with Gasteiger partial charge in [-0.2, -0.15) is 5.10 Å². The van der Waals surface area contributed by atoms with Crippen molar-refractivity contribution in [2.75, 3.05) is 0 Å². The van der Waals surface area contributed by atoms with Gasteiger partial charge in [-0.1, -0.05) is 0 Å². The number of hydrogen-bond donors (Lipinski definition) is 3. The smallest absolute Gasteiger partial charge is 0.242 e. The van der Waals surface area contributed by atoms with Crippen LogP contribution < -0.4 is 10.6 Å². The van der Waals surface area contributed by atoms with Crippen LogP contribution in [-0.4, -0.2) is 28.1 Å². The molecule has 0 aromatic carbocycles. The Bertz CT molecular complexity index is 360. The van der Waals surface area contributed by atoms with E-state index in [1.165, 1.54) is 0 Å². The summed E-state index contributed by atoms with van der Waals surface area (Å²) in [5.41, 5.74) is 0.910. The zero-order chi connectivity index (χ0) is 10.7. The molecular weight excluding hydrogens is 196 g/mol. The fourth-order valence-corrected chi connectivity index (χ4v) is 1.50. The van der Waals surface area contributed by atoms with E-state index in [9.17, 15) is 9.59 Å². The minimum absolute atomic E-state index is 0.0570. The number of H-pyrrole nitrogens is 1. The lowest BCUT2D eigenvalue weighted by atomic mass is 10.2. The molecule has 2 rings (SSSR count). The zero-order valence-corrected chi connectivity index (χ0v) is 8.12. The topological polar surface area (TPSA) is 86.9 Å². The Kier molecular flexibility index (Phi) is 2.66.